The van der Waals surface area contributed by atoms with Crippen molar-refractivity contribution < 1.29 is 35.3 Å². The third-order valence-electron chi connectivity index (χ3n) is 10.7. The number of hydrogen-bond acceptors (Lipinski definition) is 5. The van der Waals surface area contributed by atoms with Gasteiger partial charge in [0.15, 0.2) is 0 Å². The minimum atomic E-state index is 0. The van der Waals surface area contributed by atoms with Gasteiger partial charge < -0.3 is 18.8 Å². The van der Waals surface area contributed by atoms with Gasteiger partial charge in [0.2, 0.25) is 0 Å². The Morgan fingerprint density at radius 2 is 1.27 bits per heavy atom. The number of hydrogen-bond donors (Lipinski definition) is 0. The van der Waals surface area contributed by atoms with E-state index in [-0.39, 0.29) is 21.1 Å². The topological polar surface area (TPSA) is 63.3 Å². The number of fused-ring (bicyclic) bond motifs is 3. The quantitative estimate of drug-likeness (QED) is 0.121. The maximum Gasteiger partial charge on any atom is 2.00 e. The largest absolute Gasteiger partial charge is 2.00 e. The van der Waals surface area contributed by atoms with Gasteiger partial charge in [-0.3, -0.25) is 4.68 Å². The molecule has 0 saturated heterocycles. The van der Waals surface area contributed by atoms with Crippen molar-refractivity contribution in [3.8, 4) is 45.6 Å². The van der Waals surface area contributed by atoms with E-state index < -0.39 is 0 Å². The molecule has 0 spiro atoms. The Balaban J connectivity index is 0.00000484. The van der Waals surface area contributed by atoms with E-state index in [0.717, 1.165) is 94.9 Å². The van der Waals surface area contributed by atoms with E-state index in [9.17, 15) is 0 Å². The number of aromatic nitrogens is 4. The summed E-state index contributed by atoms with van der Waals surface area (Å²) in [5, 5.41) is 7.07. The Labute approximate surface area is 359 Å². The summed E-state index contributed by atoms with van der Waals surface area (Å²) in [6, 6.07) is 48.0. The van der Waals surface area contributed by atoms with Gasteiger partial charge in [0.05, 0.1) is 11.8 Å². The van der Waals surface area contributed by atoms with Crippen molar-refractivity contribution in [3.05, 3.63) is 191 Å². The van der Waals surface area contributed by atoms with Crippen LogP contribution in [-0.4, -0.2) is 19.3 Å². The molecule has 9 aromatic rings. The Bertz CT molecular complexity index is 2870. The van der Waals surface area contributed by atoms with Crippen LogP contribution < -0.4 is 14.2 Å². The monoisotopic (exact) mass is 953 g/mol. The van der Waals surface area contributed by atoms with E-state index in [2.05, 4.69) is 99.0 Å². The minimum absolute atomic E-state index is 0. The fraction of sp³-hybridized carbons (Fsp3) is 0.137. The van der Waals surface area contributed by atoms with Crippen LogP contribution in [0.5, 0.6) is 23.0 Å². The molecular formula is C51H42N4O3Pt. The summed E-state index contributed by atoms with van der Waals surface area (Å²) in [6.45, 7) is 11.3. The predicted molar refractivity (Wildman–Crippen MR) is 231 cm³/mol. The number of aryl methyl sites for hydroxylation is 2. The van der Waals surface area contributed by atoms with Crippen molar-refractivity contribution in [2.75, 3.05) is 0 Å². The van der Waals surface area contributed by atoms with E-state index in [1.54, 1.807) is 0 Å². The van der Waals surface area contributed by atoms with Gasteiger partial charge in [-0.15, -0.1) is 35.7 Å². The van der Waals surface area contributed by atoms with Crippen LogP contribution in [0.1, 0.15) is 38.9 Å². The molecule has 0 bridgehead atoms. The summed E-state index contributed by atoms with van der Waals surface area (Å²) < 4.78 is 23.9. The number of rotatable bonds is 11. The first kappa shape index (κ1) is 39.4. The van der Waals surface area contributed by atoms with Crippen LogP contribution in [-0.2, 0) is 34.3 Å². The fourth-order valence-electron chi connectivity index (χ4n) is 7.54. The Kier molecular flexibility index (Phi) is 11.2. The summed E-state index contributed by atoms with van der Waals surface area (Å²) in [6.07, 6.45) is 5.72. The average Bonchev–Trinajstić information content (AvgIpc) is 3.86. The first-order chi connectivity index (χ1) is 28.3. The standard InChI is InChI=1S/C51H42N4O3.Pt/c1-33-22-23-52-48(26-33)55-46-19-13-12-18-44(46)45-21-20-42(28-47(45)55)58-43-25-34(2)24-41(27-43)54-30-40(29-53-54)49-50(56-31-38-14-8-6-9-15-38)36(4)35(3)37(5)51(49)57-32-39-16-10-7-11-17-39;/h6-26,29-30H,31-32H2,1-5H3;/q-2;+2. The molecule has 6 aromatic carbocycles. The molecule has 0 aliphatic rings. The Morgan fingerprint density at radius 1 is 0.610 bits per heavy atom. The SMILES string of the molecule is Cc1cc(Oc2[c-]c3c(cc2)c2ccccc2n3-c2cc(C)ccn2)[c-]c(-n2cc(-c3c(OCc4ccccc4)c(C)c(C)c(C)c3OCc3ccccc3)cn2)c1.[Pt+2]. The number of benzene rings is 6. The zero-order valence-corrected chi connectivity index (χ0v) is 35.8. The molecule has 0 aliphatic carbocycles. The second-order valence-corrected chi connectivity index (χ2v) is 14.8. The van der Waals surface area contributed by atoms with Crippen molar-refractivity contribution in [1.82, 2.24) is 19.3 Å². The van der Waals surface area contributed by atoms with Gasteiger partial charge in [0.1, 0.15) is 30.5 Å². The van der Waals surface area contributed by atoms with Crippen molar-refractivity contribution in [3.63, 3.8) is 0 Å². The molecule has 0 N–H and O–H groups in total. The molecule has 59 heavy (non-hydrogen) atoms. The number of para-hydroxylation sites is 1. The molecule has 0 unspecified atom stereocenters. The molecule has 0 atom stereocenters. The zero-order chi connectivity index (χ0) is 39.8. The van der Waals surface area contributed by atoms with E-state index in [1.165, 1.54) is 0 Å². The molecule has 8 heteroatoms. The second-order valence-electron chi connectivity index (χ2n) is 14.8. The molecule has 294 valence electrons. The van der Waals surface area contributed by atoms with Crippen LogP contribution in [0.25, 0.3) is 44.4 Å². The first-order valence-corrected chi connectivity index (χ1v) is 19.4. The smallest absolute Gasteiger partial charge is 0.509 e. The minimum Gasteiger partial charge on any atom is -0.509 e. The molecule has 0 radical (unpaired) electrons. The molecule has 0 fully saturated rings. The van der Waals surface area contributed by atoms with E-state index >= 15 is 0 Å². The van der Waals surface area contributed by atoms with Crippen LogP contribution in [0.2, 0.25) is 0 Å². The molecule has 0 aliphatic heterocycles. The maximum atomic E-state index is 6.69. The van der Waals surface area contributed by atoms with Gasteiger partial charge >= 0.3 is 21.1 Å². The third-order valence-corrected chi connectivity index (χ3v) is 10.7. The Hall–Kier alpha value is -6.43. The molecule has 3 aromatic heterocycles. The molecule has 3 heterocycles. The number of pyridine rings is 1. The van der Waals surface area contributed by atoms with Gasteiger partial charge in [0, 0.05) is 35.0 Å². The van der Waals surface area contributed by atoms with E-state index in [0.29, 0.717) is 24.7 Å². The van der Waals surface area contributed by atoms with Gasteiger partial charge in [-0.05, 0) is 90.3 Å². The van der Waals surface area contributed by atoms with E-state index in [4.69, 9.17) is 24.3 Å². The number of nitrogens with zero attached hydrogens (tertiary/aromatic N) is 4. The van der Waals surface area contributed by atoms with Crippen LogP contribution in [0.4, 0.5) is 0 Å². The zero-order valence-electron chi connectivity index (χ0n) is 33.5. The first-order valence-electron chi connectivity index (χ1n) is 19.4. The van der Waals surface area contributed by atoms with Crippen molar-refractivity contribution in [1.29, 1.82) is 0 Å². The summed E-state index contributed by atoms with van der Waals surface area (Å²) in [7, 11) is 0. The van der Waals surface area contributed by atoms with Crippen LogP contribution in [0.3, 0.4) is 0 Å². The second kappa shape index (κ2) is 16.8. The number of ether oxygens (including phenoxy) is 3. The van der Waals surface area contributed by atoms with Gasteiger partial charge in [-0.25, -0.2) is 4.98 Å². The van der Waals surface area contributed by atoms with Crippen LogP contribution in [0, 0.1) is 46.8 Å². The maximum absolute atomic E-state index is 6.69. The molecule has 9 rings (SSSR count). The normalized spacial score (nSPS) is 11.1. The third kappa shape index (κ3) is 7.91. The van der Waals surface area contributed by atoms with Crippen molar-refractivity contribution in [2.45, 2.75) is 47.8 Å². The summed E-state index contributed by atoms with van der Waals surface area (Å²) in [5.41, 5.74) is 12.0. The summed E-state index contributed by atoms with van der Waals surface area (Å²) in [4.78, 5) is 4.72. The van der Waals surface area contributed by atoms with Crippen LogP contribution >= 0.6 is 0 Å². The average molecular weight is 954 g/mol. The fourth-order valence-corrected chi connectivity index (χ4v) is 7.54. The summed E-state index contributed by atoms with van der Waals surface area (Å²) in [5.74, 6) is 3.51. The van der Waals surface area contributed by atoms with Gasteiger partial charge in [-0.1, -0.05) is 91.3 Å². The predicted octanol–water partition coefficient (Wildman–Crippen LogP) is 12.1. The van der Waals surface area contributed by atoms with Crippen molar-refractivity contribution in [2.24, 2.45) is 0 Å². The van der Waals surface area contributed by atoms with Gasteiger partial charge in [0.25, 0.3) is 0 Å². The van der Waals surface area contributed by atoms with Crippen LogP contribution in [0.15, 0.2) is 140 Å². The Morgan fingerprint density at radius 3 is 1.95 bits per heavy atom. The van der Waals surface area contributed by atoms with Gasteiger partial charge in [-0.2, -0.15) is 16.7 Å². The summed E-state index contributed by atoms with van der Waals surface area (Å²) >= 11 is 0. The van der Waals surface area contributed by atoms with Crippen molar-refractivity contribution >= 4 is 21.8 Å². The molecule has 0 amide bonds. The molecular weight excluding hydrogens is 912 g/mol. The molecule has 7 nitrogen and oxygen atoms in total. The molecule has 0 saturated carbocycles. The van der Waals surface area contributed by atoms with E-state index in [1.807, 2.05) is 96.9 Å².